The quantitative estimate of drug-likeness (QED) is 0.808. The number of halogens is 1. The number of thiophene rings is 1. The fourth-order valence-electron chi connectivity index (χ4n) is 3.32. The Kier molecular flexibility index (Phi) is 6.39. The van der Waals surface area contributed by atoms with Crippen LogP contribution in [0.2, 0.25) is 0 Å². The van der Waals surface area contributed by atoms with E-state index in [1.807, 2.05) is 17.5 Å². The summed E-state index contributed by atoms with van der Waals surface area (Å²) in [5.74, 6) is -0.572. The summed E-state index contributed by atoms with van der Waals surface area (Å²) < 4.78 is 13.2. The van der Waals surface area contributed by atoms with Crippen LogP contribution in [0.4, 0.5) is 4.39 Å². The van der Waals surface area contributed by atoms with E-state index >= 15 is 0 Å². The molecule has 1 atom stereocenters. The Morgan fingerprint density at radius 2 is 1.85 bits per heavy atom. The highest BCUT2D eigenvalue weighted by molar-refractivity contribution is 7.10. The van der Waals surface area contributed by atoms with Gasteiger partial charge in [-0.15, -0.1) is 11.3 Å². The highest BCUT2D eigenvalue weighted by atomic mass is 32.1. The third kappa shape index (κ3) is 4.91. The molecule has 1 aromatic heterocycles. The minimum absolute atomic E-state index is 0.0294. The van der Waals surface area contributed by atoms with E-state index in [4.69, 9.17) is 0 Å². The van der Waals surface area contributed by atoms with Gasteiger partial charge in [0.15, 0.2) is 0 Å². The number of hydrogen-bond acceptors (Lipinski definition) is 3. The zero-order valence-electron chi connectivity index (χ0n) is 14.5. The third-order valence-corrected chi connectivity index (χ3v) is 5.67. The van der Waals surface area contributed by atoms with Crippen LogP contribution < -0.4 is 10.6 Å². The molecule has 1 saturated carbocycles. The van der Waals surface area contributed by atoms with Gasteiger partial charge in [0.1, 0.15) is 5.82 Å². The van der Waals surface area contributed by atoms with Crippen LogP contribution in [-0.4, -0.2) is 18.4 Å². The lowest BCUT2D eigenvalue weighted by molar-refractivity contribution is -0.129. The van der Waals surface area contributed by atoms with Crippen molar-refractivity contribution in [3.05, 3.63) is 58.0 Å². The van der Waals surface area contributed by atoms with Crippen molar-refractivity contribution >= 4 is 23.2 Å². The van der Waals surface area contributed by atoms with E-state index in [1.54, 1.807) is 12.1 Å². The molecule has 0 radical (unpaired) electrons. The minimum Gasteiger partial charge on any atom is -0.347 e. The van der Waals surface area contributed by atoms with Gasteiger partial charge < -0.3 is 10.6 Å². The van der Waals surface area contributed by atoms with Gasteiger partial charge in [0.05, 0.1) is 12.6 Å². The third-order valence-electron chi connectivity index (χ3n) is 4.74. The molecule has 0 unspecified atom stereocenters. The molecular weight excluding hydrogens is 351 g/mol. The molecule has 2 N–H and O–H groups in total. The number of benzene rings is 1. The number of hydrogen-bond donors (Lipinski definition) is 2. The largest absolute Gasteiger partial charge is 0.347 e. The predicted octanol–water partition coefficient (Wildman–Crippen LogP) is 3.79. The van der Waals surface area contributed by atoms with E-state index in [9.17, 15) is 14.0 Å². The van der Waals surface area contributed by atoms with Crippen LogP contribution in [0.5, 0.6) is 0 Å². The standard InChI is InChI=1S/C20H23FN2O2S/c21-16-10-8-14(9-11-16)19(17-7-4-12-26-17)23-18(24)13-22-20(25)15-5-2-1-3-6-15/h4,7-12,15,19H,1-3,5-6,13H2,(H,22,25)(H,23,24)/t19-/m1/s1. The Hall–Kier alpha value is -2.21. The maximum atomic E-state index is 13.2. The first-order valence-corrected chi connectivity index (χ1v) is 9.87. The molecule has 26 heavy (non-hydrogen) atoms. The van der Waals surface area contributed by atoms with Crippen LogP contribution in [0, 0.1) is 11.7 Å². The molecule has 2 aromatic rings. The van der Waals surface area contributed by atoms with Crippen molar-refractivity contribution in [1.29, 1.82) is 0 Å². The molecule has 2 amide bonds. The monoisotopic (exact) mass is 374 g/mol. The number of carbonyl (C=O) groups excluding carboxylic acids is 2. The van der Waals surface area contributed by atoms with Crippen molar-refractivity contribution < 1.29 is 14.0 Å². The van der Waals surface area contributed by atoms with Crippen molar-refractivity contribution in [2.24, 2.45) is 5.92 Å². The van der Waals surface area contributed by atoms with E-state index < -0.39 is 0 Å². The average Bonchev–Trinajstić information content (AvgIpc) is 3.20. The molecule has 1 fully saturated rings. The van der Waals surface area contributed by atoms with Crippen LogP contribution >= 0.6 is 11.3 Å². The first-order valence-electron chi connectivity index (χ1n) is 8.99. The van der Waals surface area contributed by atoms with Crippen molar-refractivity contribution in [2.45, 2.75) is 38.1 Å². The summed E-state index contributed by atoms with van der Waals surface area (Å²) in [4.78, 5) is 25.5. The molecule has 1 heterocycles. The molecule has 138 valence electrons. The van der Waals surface area contributed by atoms with E-state index in [0.29, 0.717) is 0 Å². The summed E-state index contributed by atoms with van der Waals surface area (Å²) in [7, 11) is 0. The molecule has 0 aliphatic heterocycles. The molecule has 0 bridgehead atoms. The van der Waals surface area contributed by atoms with Gasteiger partial charge in [-0.25, -0.2) is 4.39 Å². The maximum Gasteiger partial charge on any atom is 0.240 e. The molecule has 6 heteroatoms. The number of rotatable bonds is 6. The fraction of sp³-hybridized carbons (Fsp3) is 0.400. The highest BCUT2D eigenvalue weighted by Gasteiger charge is 2.22. The van der Waals surface area contributed by atoms with Gasteiger partial charge >= 0.3 is 0 Å². The highest BCUT2D eigenvalue weighted by Crippen LogP contribution is 2.26. The van der Waals surface area contributed by atoms with Crippen molar-refractivity contribution in [2.75, 3.05) is 6.54 Å². The average molecular weight is 374 g/mol. The number of carbonyl (C=O) groups is 2. The summed E-state index contributed by atoms with van der Waals surface area (Å²) in [6.45, 7) is -0.0433. The molecule has 3 rings (SSSR count). The van der Waals surface area contributed by atoms with Crippen molar-refractivity contribution in [1.82, 2.24) is 10.6 Å². The summed E-state index contributed by atoms with van der Waals surface area (Å²) in [5.41, 5.74) is 0.806. The van der Waals surface area contributed by atoms with Gasteiger partial charge in [0, 0.05) is 10.8 Å². The summed E-state index contributed by atoms with van der Waals surface area (Å²) >= 11 is 1.52. The second kappa shape index (κ2) is 8.94. The maximum absolute atomic E-state index is 13.2. The van der Waals surface area contributed by atoms with Crippen LogP contribution in [0.15, 0.2) is 41.8 Å². The zero-order valence-corrected chi connectivity index (χ0v) is 15.4. The van der Waals surface area contributed by atoms with Gasteiger partial charge in [-0.3, -0.25) is 9.59 Å². The van der Waals surface area contributed by atoms with Gasteiger partial charge in [-0.05, 0) is 42.0 Å². The molecule has 1 aromatic carbocycles. The smallest absolute Gasteiger partial charge is 0.240 e. The van der Waals surface area contributed by atoms with Gasteiger partial charge in [-0.2, -0.15) is 0 Å². The lowest BCUT2D eigenvalue weighted by atomic mass is 9.89. The van der Waals surface area contributed by atoms with E-state index in [0.717, 1.165) is 36.1 Å². The first kappa shape index (κ1) is 18.6. The number of amides is 2. The molecule has 4 nitrogen and oxygen atoms in total. The van der Waals surface area contributed by atoms with Crippen molar-refractivity contribution in [3.8, 4) is 0 Å². The molecule has 0 spiro atoms. The van der Waals surface area contributed by atoms with E-state index in [1.165, 1.54) is 29.9 Å². The Balaban J connectivity index is 1.60. The lowest BCUT2D eigenvalue weighted by Gasteiger charge is -2.21. The van der Waals surface area contributed by atoms with Crippen LogP contribution in [0.3, 0.4) is 0 Å². The Labute approximate surface area is 156 Å². The second-order valence-electron chi connectivity index (χ2n) is 6.62. The molecule has 0 saturated heterocycles. The van der Waals surface area contributed by atoms with Crippen molar-refractivity contribution in [3.63, 3.8) is 0 Å². The molecule has 1 aliphatic rings. The second-order valence-corrected chi connectivity index (χ2v) is 7.60. The van der Waals surface area contributed by atoms with Crippen LogP contribution in [-0.2, 0) is 9.59 Å². The summed E-state index contributed by atoms with van der Waals surface area (Å²) in [6, 6.07) is 9.59. The SMILES string of the molecule is O=C(CNC(=O)C1CCCCC1)N[C@H](c1ccc(F)cc1)c1cccs1. The van der Waals surface area contributed by atoms with Gasteiger partial charge in [0.2, 0.25) is 11.8 Å². The van der Waals surface area contributed by atoms with Crippen LogP contribution in [0.1, 0.15) is 48.6 Å². The molecular formula is C20H23FN2O2S. The number of nitrogens with one attached hydrogen (secondary N) is 2. The first-order chi connectivity index (χ1) is 12.6. The van der Waals surface area contributed by atoms with E-state index in [-0.39, 0.29) is 36.1 Å². The topological polar surface area (TPSA) is 58.2 Å². The zero-order chi connectivity index (χ0) is 18.4. The predicted molar refractivity (Wildman–Crippen MR) is 100 cm³/mol. The van der Waals surface area contributed by atoms with Crippen LogP contribution in [0.25, 0.3) is 0 Å². The molecule has 1 aliphatic carbocycles. The summed E-state index contributed by atoms with van der Waals surface area (Å²) in [5, 5.41) is 7.64. The lowest BCUT2D eigenvalue weighted by Crippen LogP contribution is -2.41. The Morgan fingerprint density at radius 1 is 1.12 bits per heavy atom. The van der Waals surface area contributed by atoms with Gasteiger partial charge in [0.25, 0.3) is 0 Å². The Morgan fingerprint density at radius 3 is 2.50 bits per heavy atom. The Bertz CT molecular complexity index is 725. The summed E-state index contributed by atoms with van der Waals surface area (Å²) in [6.07, 6.45) is 5.15. The fourth-order valence-corrected chi connectivity index (χ4v) is 4.12. The van der Waals surface area contributed by atoms with Gasteiger partial charge in [-0.1, -0.05) is 37.5 Å². The van der Waals surface area contributed by atoms with E-state index in [2.05, 4.69) is 10.6 Å². The minimum atomic E-state index is -0.352. The normalized spacial score (nSPS) is 16.0.